The molecular formula is C13H18O7. The van der Waals surface area contributed by atoms with Crippen molar-refractivity contribution in [3.8, 4) is 11.5 Å². The summed E-state index contributed by atoms with van der Waals surface area (Å²) in [6.45, 7) is 0. The van der Waals surface area contributed by atoms with Crippen molar-refractivity contribution in [2.45, 2.75) is 5.79 Å². The summed E-state index contributed by atoms with van der Waals surface area (Å²) < 4.78 is 20.9. The maximum absolute atomic E-state index is 12.1. The molecule has 0 aromatic heterocycles. The molecule has 0 amide bonds. The predicted octanol–water partition coefficient (Wildman–Crippen LogP) is 1.25. The van der Waals surface area contributed by atoms with Crippen LogP contribution in [0.4, 0.5) is 0 Å². The van der Waals surface area contributed by atoms with Gasteiger partial charge in [-0.15, -0.1) is 0 Å². The Bertz CT molecular complexity index is 454. The van der Waals surface area contributed by atoms with Gasteiger partial charge in [-0.2, -0.15) is 4.89 Å². The average molecular weight is 286 g/mol. The number of ether oxygens (including phenoxy) is 4. The number of rotatable bonds is 7. The second-order valence-electron chi connectivity index (χ2n) is 3.60. The normalized spacial score (nSPS) is 11.1. The summed E-state index contributed by atoms with van der Waals surface area (Å²) in [5.41, 5.74) is 0.298. The maximum atomic E-state index is 12.1. The number of hydrogen-bond acceptors (Lipinski definition) is 7. The molecule has 112 valence electrons. The van der Waals surface area contributed by atoms with Crippen LogP contribution in [-0.2, 0) is 29.8 Å². The monoisotopic (exact) mass is 286 g/mol. The summed E-state index contributed by atoms with van der Waals surface area (Å²) in [6.07, 6.45) is 0. The molecule has 0 heterocycles. The highest BCUT2D eigenvalue weighted by Gasteiger charge is 2.47. The Morgan fingerprint density at radius 3 is 2.10 bits per heavy atom. The molecule has 20 heavy (non-hydrogen) atoms. The van der Waals surface area contributed by atoms with Crippen molar-refractivity contribution in [1.29, 1.82) is 0 Å². The van der Waals surface area contributed by atoms with E-state index in [1.807, 2.05) is 0 Å². The number of para-hydroxylation sites is 1. The lowest BCUT2D eigenvalue weighted by molar-refractivity contribution is -0.303. The lowest BCUT2D eigenvalue weighted by Gasteiger charge is -2.29. The Kier molecular flexibility index (Phi) is 5.75. The van der Waals surface area contributed by atoms with Gasteiger partial charge in [0.15, 0.2) is 11.5 Å². The number of hydrogen-bond donors (Lipinski definition) is 0. The fourth-order valence-corrected chi connectivity index (χ4v) is 1.86. The number of benzene rings is 1. The highest BCUT2D eigenvalue weighted by atomic mass is 17.2. The zero-order chi connectivity index (χ0) is 15.2. The Labute approximate surface area is 117 Å². The first kappa shape index (κ1) is 16.2. The summed E-state index contributed by atoms with van der Waals surface area (Å²) >= 11 is 0. The minimum Gasteiger partial charge on any atom is -0.493 e. The van der Waals surface area contributed by atoms with Gasteiger partial charge in [0.05, 0.1) is 26.9 Å². The fraction of sp³-hybridized carbons (Fsp3) is 0.462. The second-order valence-corrected chi connectivity index (χ2v) is 3.60. The molecule has 7 nitrogen and oxygen atoms in total. The van der Waals surface area contributed by atoms with Crippen molar-refractivity contribution in [1.82, 2.24) is 0 Å². The van der Waals surface area contributed by atoms with Crippen LogP contribution in [0, 0.1) is 0 Å². The first-order chi connectivity index (χ1) is 9.61. The SMILES string of the molecule is COOC(=O)C(OC)(OC)c1cccc(OC)c1OC. The molecule has 1 rings (SSSR count). The van der Waals surface area contributed by atoms with Gasteiger partial charge >= 0.3 is 11.8 Å². The quantitative estimate of drug-likeness (QED) is 0.424. The number of carbonyl (C=O) groups is 1. The minimum atomic E-state index is -1.82. The van der Waals surface area contributed by atoms with Gasteiger partial charge in [-0.3, -0.25) is 4.89 Å². The van der Waals surface area contributed by atoms with Crippen molar-refractivity contribution in [3.63, 3.8) is 0 Å². The lowest BCUT2D eigenvalue weighted by Crippen LogP contribution is -2.41. The van der Waals surface area contributed by atoms with Crippen LogP contribution >= 0.6 is 0 Å². The first-order valence-corrected chi connectivity index (χ1v) is 5.68. The van der Waals surface area contributed by atoms with E-state index >= 15 is 0 Å². The van der Waals surface area contributed by atoms with Crippen LogP contribution in [0.25, 0.3) is 0 Å². The van der Waals surface area contributed by atoms with Crippen LogP contribution in [0.2, 0.25) is 0 Å². The van der Waals surface area contributed by atoms with Crippen LogP contribution in [0.5, 0.6) is 11.5 Å². The van der Waals surface area contributed by atoms with Crippen molar-refractivity contribution in [2.75, 3.05) is 35.5 Å². The van der Waals surface area contributed by atoms with Crippen LogP contribution in [0.1, 0.15) is 5.56 Å². The highest BCUT2D eigenvalue weighted by molar-refractivity contribution is 5.81. The molecule has 0 aliphatic rings. The molecule has 0 aliphatic heterocycles. The summed E-state index contributed by atoms with van der Waals surface area (Å²) in [4.78, 5) is 21.0. The van der Waals surface area contributed by atoms with Crippen molar-refractivity contribution in [3.05, 3.63) is 23.8 Å². The largest absolute Gasteiger partial charge is 0.493 e. The summed E-state index contributed by atoms with van der Waals surface area (Å²) in [5, 5.41) is 0. The minimum absolute atomic E-state index is 0.298. The van der Waals surface area contributed by atoms with Gasteiger partial charge in [0, 0.05) is 14.2 Å². The molecule has 0 fully saturated rings. The third-order valence-corrected chi connectivity index (χ3v) is 2.76. The van der Waals surface area contributed by atoms with E-state index in [-0.39, 0.29) is 0 Å². The molecule has 1 aromatic rings. The zero-order valence-corrected chi connectivity index (χ0v) is 12.1. The molecule has 0 saturated heterocycles. The molecule has 0 saturated carbocycles. The molecule has 0 bridgehead atoms. The van der Waals surface area contributed by atoms with Gasteiger partial charge in [0.1, 0.15) is 0 Å². The van der Waals surface area contributed by atoms with Gasteiger partial charge < -0.3 is 18.9 Å². The van der Waals surface area contributed by atoms with E-state index in [4.69, 9.17) is 18.9 Å². The van der Waals surface area contributed by atoms with E-state index in [1.54, 1.807) is 18.2 Å². The van der Waals surface area contributed by atoms with Crippen molar-refractivity contribution in [2.24, 2.45) is 0 Å². The smallest absolute Gasteiger partial charge is 0.406 e. The Morgan fingerprint density at radius 1 is 1.00 bits per heavy atom. The fourth-order valence-electron chi connectivity index (χ4n) is 1.86. The third-order valence-electron chi connectivity index (χ3n) is 2.76. The lowest BCUT2D eigenvalue weighted by atomic mass is 10.0. The van der Waals surface area contributed by atoms with E-state index in [1.165, 1.54) is 35.5 Å². The Morgan fingerprint density at radius 2 is 1.65 bits per heavy atom. The summed E-state index contributed by atoms with van der Waals surface area (Å²) in [7, 11) is 6.74. The van der Waals surface area contributed by atoms with E-state index in [0.717, 1.165) is 0 Å². The number of carbonyl (C=O) groups excluding carboxylic acids is 1. The Balaban J connectivity index is 3.45. The van der Waals surface area contributed by atoms with Crippen molar-refractivity contribution < 1.29 is 33.5 Å². The van der Waals surface area contributed by atoms with Gasteiger partial charge in [-0.25, -0.2) is 4.79 Å². The molecule has 1 aromatic carbocycles. The van der Waals surface area contributed by atoms with E-state index in [2.05, 4.69) is 9.78 Å². The summed E-state index contributed by atoms with van der Waals surface area (Å²) in [6, 6.07) is 4.95. The molecular weight excluding hydrogens is 268 g/mol. The summed E-state index contributed by atoms with van der Waals surface area (Å²) in [5.74, 6) is -1.98. The van der Waals surface area contributed by atoms with E-state index in [9.17, 15) is 4.79 Å². The number of methoxy groups -OCH3 is 4. The third kappa shape index (κ3) is 2.69. The van der Waals surface area contributed by atoms with Crippen LogP contribution in [0.3, 0.4) is 0 Å². The first-order valence-electron chi connectivity index (χ1n) is 5.68. The standard InChI is InChI=1S/C13H18O7/c1-15-10-8-6-7-9(11(10)16-2)13(17-3,18-4)12(14)20-19-5/h6-8H,1-5H3. The van der Waals surface area contributed by atoms with Crippen LogP contribution in [-0.4, -0.2) is 41.5 Å². The van der Waals surface area contributed by atoms with Gasteiger partial charge in [0.2, 0.25) is 0 Å². The predicted molar refractivity (Wildman–Crippen MR) is 68.3 cm³/mol. The molecule has 0 N–H and O–H groups in total. The Hall–Kier alpha value is -1.83. The van der Waals surface area contributed by atoms with Gasteiger partial charge in [-0.05, 0) is 12.1 Å². The molecule has 0 atom stereocenters. The molecule has 0 spiro atoms. The second kappa shape index (κ2) is 7.09. The molecule has 0 radical (unpaired) electrons. The molecule has 7 heteroatoms. The molecule has 0 aliphatic carbocycles. The van der Waals surface area contributed by atoms with Crippen LogP contribution in [0.15, 0.2) is 18.2 Å². The van der Waals surface area contributed by atoms with Gasteiger partial charge in [-0.1, -0.05) is 6.07 Å². The topological polar surface area (TPSA) is 72.5 Å². The highest BCUT2D eigenvalue weighted by Crippen LogP contribution is 2.40. The van der Waals surface area contributed by atoms with Crippen LogP contribution < -0.4 is 9.47 Å². The van der Waals surface area contributed by atoms with Gasteiger partial charge in [0.25, 0.3) is 0 Å². The van der Waals surface area contributed by atoms with E-state index in [0.29, 0.717) is 17.1 Å². The average Bonchev–Trinajstić information content (AvgIpc) is 2.49. The zero-order valence-electron chi connectivity index (χ0n) is 12.1. The maximum Gasteiger partial charge on any atom is 0.406 e. The molecule has 0 unspecified atom stereocenters. The van der Waals surface area contributed by atoms with E-state index < -0.39 is 11.8 Å². The van der Waals surface area contributed by atoms with Crippen molar-refractivity contribution >= 4 is 5.97 Å².